The maximum absolute atomic E-state index is 13.1. The fourth-order valence-corrected chi connectivity index (χ4v) is 5.07. The number of carboxylic acid groups (broad SMARTS) is 1. The molecule has 1 aromatic carbocycles. The van der Waals surface area contributed by atoms with E-state index in [4.69, 9.17) is 26.2 Å². The van der Waals surface area contributed by atoms with E-state index in [1.165, 1.54) is 18.2 Å². The zero-order valence-corrected chi connectivity index (χ0v) is 26.7. The molecule has 0 unspecified atom stereocenters. The minimum absolute atomic E-state index is 0.00409. The van der Waals surface area contributed by atoms with Crippen LogP contribution in [0.2, 0.25) is 5.02 Å². The van der Waals surface area contributed by atoms with Crippen LogP contribution in [0, 0.1) is 17.2 Å². The summed E-state index contributed by atoms with van der Waals surface area (Å²) in [6, 6.07) is 9.65. The number of aliphatic carboxylic acids is 1. The van der Waals surface area contributed by atoms with E-state index in [1.807, 2.05) is 44.2 Å². The summed E-state index contributed by atoms with van der Waals surface area (Å²) in [6.45, 7) is 15.8. The number of aromatic nitrogens is 2. The van der Waals surface area contributed by atoms with Crippen molar-refractivity contribution in [3.8, 4) is 6.07 Å². The summed E-state index contributed by atoms with van der Waals surface area (Å²) in [5.74, 6) is -2.50. The Balaban J connectivity index is 0.000000738. The van der Waals surface area contributed by atoms with Crippen LogP contribution in [0.4, 0.5) is 19.0 Å². The number of hydrogen-bond donors (Lipinski definition) is 2. The quantitative estimate of drug-likeness (QED) is 0.341. The molecule has 0 radical (unpaired) electrons. The summed E-state index contributed by atoms with van der Waals surface area (Å²) in [7, 11) is 0. The van der Waals surface area contributed by atoms with Crippen molar-refractivity contribution in [2.24, 2.45) is 5.92 Å². The van der Waals surface area contributed by atoms with Crippen LogP contribution in [0.5, 0.6) is 0 Å². The average molecular weight is 669 g/mol. The van der Waals surface area contributed by atoms with Gasteiger partial charge in [0, 0.05) is 57.9 Å². The van der Waals surface area contributed by atoms with Crippen molar-refractivity contribution in [2.75, 3.05) is 77.1 Å². The molecule has 2 aromatic rings. The molecule has 16 heteroatoms. The lowest BCUT2D eigenvalue weighted by Gasteiger charge is -2.35. The predicted molar refractivity (Wildman–Crippen MR) is 165 cm³/mol. The third-order valence-corrected chi connectivity index (χ3v) is 7.51. The van der Waals surface area contributed by atoms with E-state index in [0.29, 0.717) is 17.9 Å². The second-order valence-corrected chi connectivity index (χ2v) is 11.8. The van der Waals surface area contributed by atoms with Crippen LogP contribution in [0.1, 0.15) is 42.0 Å². The predicted octanol–water partition coefficient (Wildman–Crippen LogP) is 3.28. The van der Waals surface area contributed by atoms with Crippen molar-refractivity contribution >= 4 is 29.3 Å². The molecule has 2 saturated heterocycles. The number of nitrogens with one attached hydrogen (secondary N) is 1. The van der Waals surface area contributed by atoms with Gasteiger partial charge in [-0.2, -0.15) is 23.4 Å². The molecule has 3 heterocycles. The number of hydrogen-bond acceptors (Lipinski definition) is 10. The Morgan fingerprint density at radius 1 is 1.07 bits per heavy atom. The second kappa shape index (κ2) is 18.0. The molecule has 252 valence electrons. The summed E-state index contributed by atoms with van der Waals surface area (Å²) >= 11 is 6.30. The van der Waals surface area contributed by atoms with Gasteiger partial charge in [-0.05, 0) is 43.1 Å². The second-order valence-electron chi connectivity index (χ2n) is 11.3. The fraction of sp³-hybridized carbons (Fsp3) is 0.567. The fourth-order valence-electron chi connectivity index (χ4n) is 4.87. The van der Waals surface area contributed by atoms with E-state index in [1.54, 1.807) is 5.01 Å². The third-order valence-electron chi connectivity index (χ3n) is 7.25. The van der Waals surface area contributed by atoms with Crippen molar-refractivity contribution < 1.29 is 32.6 Å². The lowest BCUT2D eigenvalue weighted by atomic mass is 10.1. The van der Waals surface area contributed by atoms with Crippen molar-refractivity contribution in [1.29, 1.82) is 5.26 Å². The number of rotatable bonds is 11. The molecule has 0 saturated carbocycles. The van der Waals surface area contributed by atoms with Gasteiger partial charge in [0.15, 0.2) is 5.82 Å². The highest BCUT2D eigenvalue weighted by atomic mass is 35.5. The van der Waals surface area contributed by atoms with Gasteiger partial charge in [0.2, 0.25) is 5.82 Å². The molecule has 4 rings (SSSR count). The molecule has 2 aliphatic heterocycles. The highest BCUT2D eigenvalue weighted by Crippen LogP contribution is 2.22. The number of anilines is 1. The largest absolute Gasteiger partial charge is 0.490 e. The summed E-state index contributed by atoms with van der Waals surface area (Å²) < 4.78 is 37.2. The lowest BCUT2D eigenvalue weighted by molar-refractivity contribution is -0.192. The topological polar surface area (TPSA) is 138 Å². The van der Waals surface area contributed by atoms with Crippen molar-refractivity contribution in [3.63, 3.8) is 0 Å². The Morgan fingerprint density at radius 2 is 1.63 bits per heavy atom. The number of carbonyl (C=O) groups excluding carboxylic acids is 1. The Bertz CT molecular complexity index is 1310. The molecule has 2 aliphatic rings. The molecule has 0 spiro atoms. The van der Waals surface area contributed by atoms with E-state index < -0.39 is 12.1 Å². The van der Waals surface area contributed by atoms with Crippen LogP contribution in [0.15, 0.2) is 30.5 Å². The zero-order chi connectivity index (χ0) is 33.7. The number of carboxylic acids is 1. The Hall–Kier alpha value is -3.55. The number of ether oxygens (including phenoxy) is 1. The number of carbonyl (C=O) groups is 2. The first kappa shape index (κ1) is 36.9. The van der Waals surface area contributed by atoms with Crippen molar-refractivity contribution in [1.82, 2.24) is 30.1 Å². The first-order valence-electron chi connectivity index (χ1n) is 15.0. The van der Waals surface area contributed by atoms with Gasteiger partial charge in [-0.1, -0.05) is 37.6 Å². The Labute approximate surface area is 271 Å². The number of nitrogens with zero attached hydrogens (tertiary/aromatic N) is 7. The van der Waals surface area contributed by atoms with Crippen LogP contribution >= 0.6 is 11.6 Å². The van der Waals surface area contributed by atoms with E-state index in [0.717, 1.165) is 72.1 Å². The smallest absolute Gasteiger partial charge is 0.475 e. The molecule has 2 N–H and O–H groups in total. The van der Waals surface area contributed by atoms with Gasteiger partial charge in [0.25, 0.3) is 5.91 Å². The normalized spacial score (nSPS) is 16.3. The lowest BCUT2D eigenvalue weighted by Crippen LogP contribution is -2.46. The van der Waals surface area contributed by atoms with E-state index in [9.17, 15) is 23.2 Å². The summed E-state index contributed by atoms with van der Waals surface area (Å²) in [6.07, 6.45) is -2.50. The number of nitriles is 1. The van der Waals surface area contributed by atoms with Crippen LogP contribution in [0.3, 0.4) is 0 Å². The molecule has 0 atom stereocenters. The van der Waals surface area contributed by atoms with Gasteiger partial charge in [-0.15, -0.1) is 0 Å². The average Bonchev–Trinajstić information content (AvgIpc) is 3.02. The summed E-state index contributed by atoms with van der Waals surface area (Å²) in [5, 5.41) is 18.2. The molecule has 1 aromatic heterocycles. The van der Waals surface area contributed by atoms with Crippen LogP contribution in [-0.2, 0) is 16.1 Å². The number of alkyl halides is 3. The highest BCUT2D eigenvalue weighted by Gasteiger charge is 2.38. The van der Waals surface area contributed by atoms with Gasteiger partial charge in [-0.3, -0.25) is 25.0 Å². The van der Waals surface area contributed by atoms with Gasteiger partial charge in [0.05, 0.1) is 19.4 Å². The van der Waals surface area contributed by atoms with Crippen LogP contribution in [0.25, 0.3) is 0 Å². The number of piperazine rings is 1. The Morgan fingerprint density at radius 3 is 2.17 bits per heavy atom. The molecule has 12 nitrogen and oxygen atoms in total. The summed E-state index contributed by atoms with van der Waals surface area (Å²) in [4.78, 5) is 37.6. The van der Waals surface area contributed by atoms with E-state index in [-0.39, 0.29) is 22.7 Å². The molecular weight excluding hydrogens is 629 g/mol. The molecule has 46 heavy (non-hydrogen) atoms. The Kier molecular flexibility index (Phi) is 14.4. The highest BCUT2D eigenvalue weighted by molar-refractivity contribution is 6.32. The van der Waals surface area contributed by atoms with Gasteiger partial charge in [0.1, 0.15) is 11.1 Å². The first-order chi connectivity index (χ1) is 21.8. The minimum Gasteiger partial charge on any atom is -0.475 e. The number of morpholine rings is 1. The van der Waals surface area contributed by atoms with Crippen LogP contribution in [-0.4, -0.2) is 120 Å². The number of benzene rings is 1. The summed E-state index contributed by atoms with van der Waals surface area (Å²) in [5.41, 5.74) is 4.63. The van der Waals surface area contributed by atoms with Gasteiger partial charge < -0.3 is 14.7 Å². The third kappa shape index (κ3) is 12.3. The van der Waals surface area contributed by atoms with Crippen LogP contribution < -0.4 is 10.4 Å². The number of halogens is 4. The number of amides is 1. The first-order valence-corrected chi connectivity index (χ1v) is 15.4. The van der Waals surface area contributed by atoms with Gasteiger partial charge >= 0.3 is 12.1 Å². The monoisotopic (exact) mass is 668 g/mol. The minimum atomic E-state index is -5.08. The molecule has 1 amide bonds. The van der Waals surface area contributed by atoms with Gasteiger partial charge in [-0.25, -0.2) is 9.78 Å². The molecule has 2 fully saturated rings. The number of hydrazine groups is 1. The van der Waals surface area contributed by atoms with E-state index >= 15 is 0 Å². The molecular formula is C30H40ClF3N8O4. The van der Waals surface area contributed by atoms with Crippen molar-refractivity contribution in [2.45, 2.75) is 33.0 Å². The molecule has 0 aliphatic carbocycles. The SMILES string of the molecule is CC(C)CN(NC(=O)c1ccc(CN2CCN(CCCN3CCOCC3)CC2)cc1)c1nc(C#N)ncc1Cl.O=C(O)C(F)(F)F. The maximum atomic E-state index is 13.1. The maximum Gasteiger partial charge on any atom is 0.490 e. The van der Waals surface area contributed by atoms with E-state index in [2.05, 4.69) is 30.1 Å². The molecule has 0 bridgehead atoms. The zero-order valence-electron chi connectivity index (χ0n) is 26.0. The standard InChI is InChI=1S/C28H39ClN8O2.C2HF3O2/c1-22(2)20-37(27-25(29)19-31-26(18-30)32-27)33-28(38)24-6-4-23(5-7-24)21-36-12-10-34(11-13-36)8-3-9-35-14-16-39-17-15-35;3-2(4,5)1(6)7/h4-7,19,22H,3,8-17,20-21H2,1-2H3,(H,33,38);(H,6,7). The van der Waals surface area contributed by atoms with Crippen molar-refractivity contribution in [3.05, 3.63) is 52.4 Å².